The van der Waals surface area contributed by atoms with Crippen molar-refractivity contribution in [2.75, 3.05) is 43.5 Å². The van der Waals surface area contributed by atoms with Crippen molar-refractivity contribution in [3.05, 3.63) is 17.6 Å². The van der Waals surface area contributed by atoms with E-state index in [0.29, 0.717) is 0 Å². The van der Waals surface area contributed by atoms with E-state index in [-0.39, 0.29) is 0 Å². The summed E-state index contributed by atoms with van der Waals surface area (Å²) in [6.45, 7) is 5.39. The predicted molar refractivity (Wildman–Crippen MR) is 87.3 cm³/mol. The molecular weight excluding hydrogens is 284 g/mol. The van der Waals surface area contributed by atoms with Gasteiger partial charge in [0.15, 0.2) is 0 Å². The zero-order chi connectivity index (χ0) is 14.5. The van der Waals surface area contributed by atoms with E-state index in [1.807, 2.05) is 0 Å². The molecule has 21 heavy (non-hydrogen) atoms. The van der Waals surface area contributed by atoms with Crippen LogP contribution in [0.3, 0.4) is 0 Å². The number of nitrogens with zero attached hydrogens (tertiary/aromatic N) is 4. The van der Waals surface area contributed by atoms with E-state index in [1.54, 1.807) is 6.33 Å². The predicted octanol–water partition coefficient (Wildman–Crippen LogP) is 2.50. The fourth-order valence-electron chi connectivity index (χ4n) is 3.48. The second kappa shape index (κ2) is 7.41. The Morgan fingerprint density at radius 3 is 2.76 bits per heavy atom. The van der Waals surface area contributed by atoms with Gasteiger partial charge in [0.1, 0.15) is 12.1 Å². The minimum atomic E-state index is 0.725. The summed E-state index contributed by atoms with van der Waals surface area (Å²) in [7, 11) is 0. The van der Waals surface area contributed by atoms with Crippen molar-refractivity contribution in [2.45, 2.75) is 38.5 Å². The molecule has 0 atom stereocenters. The summed E-state index contributed by atoms with van der Waals surface area (Å²) in [6, 6.07) is 0. The van der Waals surface area contributed by atoms with Gasteiger partial charge in [-0.15, -0.1) is 11.6 Å². The van der Waals surface area contributed by atoms with E-state index in [2.05, 4.69) is 19.8 Å². The van der Waals surface area contributed by atoms with Gasteiger partial charge in [0.2, 0.25) is 0 Å². The Bertz CT molecular complexity index is 466. The Morgan fingerprint density at radius 2 is 1.86 bits per heavy atom. The average molecular weight is 309 g/mol. The molecule has 0 N–H and O–H groups in total. The largest absolute Gasteiger partial charge is 0.355 e. The summed E-state index contributed by atoms with van der Waals surface area (Å²) < 4.78 is 0. The summed E-state index contributed by atoms with van der Waals surface area (Å²) in [6.07, 6.45) is 9.09. The third-order valence-corrected chi connectivity index (χ3v) is 4.81. The van der Waals surface area contributed by atoms with Gasteiger partial charge in [0.25, 0.3) is 0 Å². The zero-order valence-electron chi connectivity index (χ0n) is 12.7. The van der Waals surface area contributed by atoms with E-state index in [1.165, 1.54) is 42.8 Å². The maximum Gasteiger partial charge on any atom is 0.135 e. The van der Waals surface area contributed by atoms with Gasteiger partial charge in [-0.25, -0.2) is 9.97 Å². The second-order valence-electron chi connectivity index (χ2n) is 6.05. The number of alkyl halides is 1. The Labute approximate surface area is 132 Å². The van der Waals surface area contributed by atoms with Gasteiger partial charge in [-0.3, -0.25) is 0 Å². The van der Waals surface area contributed by atoms with Crippen LogP contribution in [-0.4, -0.2) is 53.5 Å². The van der Waals surface area contributed by atoms with Gasteiger partial charge in [0, 0.05) is 43.3 Å². The van der Waals surface area contributed by atoms with Gasteiger partial charge in [-0.05, 0) is 38.6 Å². The van der Waals surface area contributed by atoms with Gasteiger partial charge in [-0.2, -0.15) is 0 Å². The third-order valence-electron chi connectivity index (χ3n) is 4.64. The number of aryl methyl sites for hydroxylation is 1. The lowest BCUT2D eigenvalue weighted by atomic mass is 10.1. The Hall–Kier alpha value is -0.870. The Kier molecular flexibility index (Phi) is 5.31. The molecule has 1 fully saturated rings. The first-order valence-corrected chi connectivity index (χ1v) is 8.78. The van der Waals surface area contributed by atoms with E-state index in [4.69, 9.17) is 11.6 Å². The molecule has 0 spiro atoms. The van der Waals surface area contributed by atoms with Crippen LogP contribution >= 0.6 is 11.6 Å². The van der Waals surface area contributed by atoms with E-state index in [0.717, 1.165) is 51.4 Å². The number of hydrogen-bond acceptors (Lipinski definition) is 4. The highest BCUT2D eigenvalue weighted by Crippen LogP contribution is 2.27. The molecule has 1 aromatic rings. The summed E-state index contributed by atoms with van der Waals surface area (Å²) >= 11 is 5.88. The van der Waals surface area contributed by atoms with Crippen LogP contribution < -0.4 is 4.90 Å². The number of fused-ring (bicyclic) bond motifs is 1. The van der Waals surface area contributed by atoms with E-state index in [9.17, 15) is 0 Å². The van der Waals surface area contributed by atoms with Crippen LogP contribution in [0, 0.1) is 0 Å². The third kappa shape index (κ3) is 3.67. The monoisotopic (exact) mass is 308 g/mol. The molecule has 3 rings (SSSR count). The van der Waals surface area contributed by atoms with Gasteiger partial charge in [0.05, 0.1) is 0 Å². The van der Waals surface area contributed by atoms with Crippen LogP contribution in [-0.2, 0) is 12.8 Å². The topological polar surface area (TPSA) is 32.3 Å². The van der Waals surface area contributed by atoms with Crippen LogP contribution in [0.15, 0.2) is 6.33 Å². The SMILES string of the molecule is ClCCN1CCCN(c2ncnc3c2CCCCC3)CC1. The highest BCUT2D eigenvalue weighted by molar-refractivity contribution is 6.18. The summed E-state index contributed by atoms with van der Waals surface area (Å²) in [4.78, 5) is 14.1. The molecule has 116 valence electrons. The lowest BCUT2D eigenvalue weighted by molar-refractivity contribution is 0.311. The minimum absolute atomic E-state index is 0.725. The number of halogens is 1. The molecule has 0 unspecified atom stereocenters. The van der Waals surface area contributed by atoms with Crippen molar-refractivity contribution in [1.29, 1.82) is 0 Å². The summed E-state index contributed by atoms with van der Waals surface area (Å²) in [5.41, 5.74) is 2.71. The molecular formula is C16H25ClN4. The number of hydrogen-bond donors (Lipinski definition) is 0. The normalized spacial score (nSPS) is 20.7. The first kappa shape index (κ1) is 15.0. The zero-order valence-corrected chi connectivity index (χ0v) is 13.5. The van der Waals surface area contributed by atoms with E-state index < -0.39 is 0 Å². The van der Waals surface area contributed by atoms with Crippen molar-refractivity contribution < 1.29 is 0 Å². The van der Waals surface area contributed by atoms with E-state index >= 15 is 0 Å². The molecule has 2 aliphatic rings. The molecule has 1 saturated heterocycles. The number of rotatable bonds is 3. The van der Waals surface area contributed by atoms with Gasteiger partial charge in [-0.1, -0.05) is 6.42 Å². The first-order valence-electron chi connectivity index (χ1n) is 8.24. The molecule has 0 amide bonds. The molecule has 1 aromatic heterocycles. The van der Waals surface area contributed by atoms with Crippen molar-refractivity contribution in [2.24, 2.45) is 0 Å². The number of aromatic nitrogens is 2. The molecule has 0 bridgehead atoms. The molecule has 2 heterocycles. The first-order chi connectivity index (χ1) is 10.4. The molecule has 1 aliphatic heterocycles. The average Bonchev–Trinajstić information content (AvgIpc) is 2.87. The van der Waals surface area contributed by atoms with Crippen molar-refractivity contribution in [1.82, 2.24) is 14.9 Å². The second-order valence-corrected chi connectivity index (χ2v) is 6.43. The fraction of sp³-hybridized carbons (Fsp3) is 0.750. The van der Waals surface area contributed by atoms with Crippen LogP contribution in [0.2, 0.25) is 0 Å². The van der Waals surface area contributed by atoms with Crippen molar-refractivity contribution in [3.63, 3.8) is 0 Å². The highest BCUT2D eigenvalue weighted by atomic mass is 35.5. The maximum absolute atomic E-state index is 5.88. The Morgan fingerprint density at radius 1 is 0.952 bits per heavy atom. The van der Waals surface area contributed by atoms with Crippen LogP contribution in [0.5, 0.6) is 0 Å². The van der Waals surface area contributed by atoms with Gasteiger partial charge >= 0.3 is 0 Å². The quantitative estimate of drug-likeness (QED) is 0.634. The van der Waals surface area contributed by atoms with Gasteiger partial charge < -0.3 is 9.80 Å². The number of anilines is 1. The fourth-order valence-corrected chi connectivity index (χ4v) is 3.72. The summed E-state index contributed by atoms with van der Waals surface area (Å²) in [5.74, 6) is 1.93. The van der Waals surface area contributed by atoms with Crippen molar-refractivity contribution >= 4 is 17.4 Å². The molecule has 0 saturated carbocycles. The maximum atomic E-state index is 5.88. The lowest BCUT2D eigenvalue weighted by Gasteiger charge is -2.25. The van der Waals surface area contributed by atoms with Crippen LogP contribution in [0.1, 0.15) is 36.9 Å². The smallest absolute Gasteiger partial charge is 0.135 e. The van der Waals surface area contributed by atoms with Crippen LogP contribution in [0.4, 0.5) is 5.82 Å². The molecule has 1 aliphatic carbocycles. The Balaban J connectivity index is 1.77. The van der Waals surface area contributed by atoms with Crippen molar-refractivity contribution in [3.8, 4) is 0 Å². The minimum Gasteiger partial charge on any atom is -0.355 e. The molecule has 4 nitrogen and oxygen atoms in total. The lowest BCUT2D eigenvalue weighted by Crippen LogP contribution is -2.32. The molecule has 0 radical (unpaired) electrons. The highest BCUT2D eigenvalue weighted by Gasteiger charge is 2.21. The molecule has 0 aromatic carbocycles. The standard InChI is InChI=1S/C16H25ClN4/c17-7-10-20-8-4-9-21(12-11-20)16-14-5-2-1-3-6-15(14)18-13-19-16/h13H,1-12H2. The molecule has 5 heteroatoms. The summed E-state index contributed by atoms with van der Waals surface area (Å²) in [5, 5.41) is 0. The van der Waals surface area contributed by atoms with Crippen LogP contribution in [0.25, 0.3) is 0 Å².